The normalized spacial score (nSPS) is 14.4. The Bertz CT molecular complexity index is 1150. The van der Waals surface area contributed by atoms with Crippen molar-refractivity contribution < 1.29 is 33.1 Å². The van der Waals surface area contributed by atoms with Crippen molar-refractivity contribution >= 4 is 46.1 Å². The van der Waals surface area contributed by atoms with E-state index >= 15 is 0 Å². The molecule has 1 atom stereocenters. The summed E-state index contributed by atoms with van der Waals surface area (Å²) in [6.45, 7) is 7.87. The summed E-state index contributed by atoms with van der Waals surface area (Å²) in [5.74, 6) is -0.919. The molecule has 0 bridgehead atoms. The Balaban J connectivity index is 1.84. The van der Waals surface area contributed by atoms with Crippen molar-refractivity contribution in [3.63, 3.8) is 0 Å². The summed E-state index contributed by atoms with van der Waals surface area (Å²) < 4.78 is 16.6. The monoisotopic (exact) mass is 513 g/mol. The number of nitrogens with one attached hydrogen (secondary N) is 2. The maximum absolute atomic E-state index is 13.1. The second-order valence-corrected chi connectivity index (χ2v) is 11.0. The van der Waals surface area contributed by atoms with Crippen LogP contribution >= 0.6 is 23.1 Å². The topological polar surface area (TPSA) is 135 Å². The first-order valence-electron chi connectivity index (χ1n) is 10.7. The Morgan fingerprint density at radius 1 is 1.35 bits per heavy atom. The number of amides is 2. The number of esters is 1. The zero-order chi connectivity index (χ0) is 25.2. The summed E-state index contributed by atoms with van der Waals surface area (Å²) in [5, 5.41) is 5.27. The van der Waals surface area contributed by atoms with E-state index < -0.39 is 28.5 Å². The highest BCUT2D eigenvalue weighted by molar-refractivity contribution is 8.00. The predicted molar refractivity (Wildman–Crippen MR) is 125 cm³/mol. The maximum Gasteiger partial charge on any atom is 0.441 e. The van der Waals surface area contributed by atoms with Crippen LogP contribution < -0.4 is 15.6 Å². The third-order valence-electron chi connectivity index (χ3n) is 5.01. The number of rotatable bonds is 6. The third kappa shape index (κ3) is 5.63. The van der Waals surface area contributed by atoms with Gasteiger partial charge in [0.15, 0.2) is 7.05 Å². The van der Waals surface area contributed by atoms with Gasteiger partial charge >= 0.3 is 22.7 Å². The summed E-state index contributed by atoms with van der Waals surface area (Å²) in [6.07, 6.45) is 0.432. The molecule has 0 radical (unpaired) electrons. The van der Waals surface area contributed by atoms with Crippen molar-refractivity contribution in [3.05, 3.63) is 26.4 Å². The number of hydrogen-bond acceptors (Lipinski definition) is 9. The predicted octanol–water partition coefficient (Wildman–Crippen LogP) is 2.44. The smallest absolute Gasteiger partial charge is 0.441 e. The molecule has 3 rings (SSSR count). The standard InChI is InChI=1S/C21H28N4O7S2/c1-7-12(34-17-19(28)32-23-24(17)5)15(26)22-16-14(18(27)30-6)11-8-9-25(10-13(11)33-16)20(29)31-21(2,3)4/h12H,7-10H2,1-6H3,(H-,22,23,26,27,28)/p+1. The lowest BCUT2D eigenvalue weighted by Crippen LogP contribution is -2.39. The lowest BCUT2D eigenvalue weighted by atomic mass is 10.0. The number of thioether (sulfide) groups is 1. The molecule has 0 saturated heterocycles. The van der Waals surface area contributed by atoms with Gasteiger partial charge in [-0.25, -0.2) is 14.4 Å². The fourth-order valence-corrected chi connectivity index (χ4v) is 5.59. The minimum absolute atomic E-state index is 0.258. The molecule has 0 aliphatic carbocycles. The molecule has 0 saturated carbocycles. The molecule has 1 aliphatic rings. The average Bonchev–Trinajstić information content (AvgIpc) is 3.28. The minimum Gasteiger partial charge on any atom is -0.465 e. The molecule has 13 heteroatoms. The van der Waals surface area contributed by atoms with Gasteiger partial charge < -0.3 is 19.7 Å². The Hall–Kier alpha value is -2.80. The van der Waals surface area contributed by atoms with Gasteiger partial charge in [-0.2, -0.15) is 0 Å². The first-order chi connectivity index (χ1) is 15.9. The molecule has 2 aromatic heterocycles. The SMILES string of the molecule is CCC(Sc1c(=O)o[nH][n+]1C)C(=O)Nc1sc2c(c1C(=O)OC)CCN(C(=O)OC(C)(C)C)C2. The van der Waals surface area contributed by atoms with E-state index in [2.05, 4.69) is 10.6 Å². The third-order valence-corrected chi connectivity index (χ3v) is 7.63. The lowest BCUT2D eigenvalue weighted by Gasteiger charge is -2.30. The van der Waals surface area contributed by atoms with Crippen molar-refractivity contribution in [2.24, 2.45) is 7.05 Å². The van der Waals surface area contributed by atoms with Gasteiger partial charge in [0, 0.05) is 11.4 Å². The largest absolute Gasteiger partial charge is 0.465 e. The maximum atomic E-state index is 13.1. The van der Waals surface area contributed by atoms with E-state index in [0.717, 1.165) is 22.2 Å². The van der Waals surface area contributed by atoms with Gasteiger partial charge in [0.25, 0.3) is 0 Å². The van der Waals surface area contributed by atoms with Gasteiger partial charge in [-0.15, -0.1) is 11.3 Å². The molecule has 2 N–H and O–H groups in total. The second kappa shape index (κ2) is 10.2. The minimum atomic E-state index is -0.622. The molecule has 1 unspecified atom stereocenters. The number of ether oxygens (including phenoxy) is 2. The molecule has 2 aromatic rings. The van der Waals surface area contributed by atoms with E-state index in [1.807, 2.05) is 6.92 Å². The average molecular weight is 514 g/mol. The van der Waals surface area contributed by atoms with E-state index in [1.165, 1.54) is 23.1 Å². The molecule has 2 amide bonds. The molecule has 0 spiro atoms. The van der Waals surface area contributed by atoms with Crippen LogP contribution in [0.1, 0.15) is 54.9 Å². The molecule has 3 heterocycles. The zero-order valence-electron chi connectivity index (χ0n) is 20.0. The van der Waals surface area contributed by atoms with Gasteiger partial charge in [0.1, 0.15) is 10.6 Å². The molecule has 11 nitrogen and oxygen atoms in total. The van der Waals surface area contributed by atoms with Crippen LogP contribution in [-0.2, 0) is 34.3 Å². The van der Waals surface area contributed by atoms with Crippen LogP contribution in [0.4, 0.5) is 9.80 Å². The Labute approximate surface area is 204 Å². The van der Waals surface area contributed by atoms with Gasteiger partial charge in [-0.1, -0.05) is 11.6 Å². The molecule has 34 heavy (non-hydrogen) atoms. The molecule has 0 aromatic carbocycles. The number of nitrogens with zero attached hydrogens (tertiary/aromatic N) is 2. The lowest BCUT2D eigenvalue weighted by molar-refractivity contribution is -0.772. The quantitative estimate of drug-likeness (QED) is 0.342. The molecule has 1 aliphatic heterocycles. The van der Waals surface area contributed by atoms with Crippen molar-refractivity contribution in [1.82, 2.24) is 10.2 Å². The highest BCUT2D eigenvalue weighted by atomic mass is 32.2. The Kier molecular flexibility index (Phi) is 7.76. The summed E-state index contributed by atoms with van der Waals surface area (Å²) in [7, 11) is 2.89. The van der Waals surface area contributed by atoms with Crippen LogP contribution in [0.5, 0.6) is 0 Å². The van der Waals surface area contributed by atoms with Gasteiger partial charge in [-0.05, 0) is 56.2 Å². The number of aromatic nitrogens is 2. The first-order valence-corrected chi connectivity index (χ1v) is 12.4. The molecular formula is C21H29N4O7S2+. The van der Waals surface area contributed by atoms with Crippen LogP contribution in [0, 0.1) is 0 Å². The number of methoxy groups -OCH3 is 1. The van der Waals surface area contributed by atoms with Crippen LogP contribution in [0.15, 0.2) is 14.3 Å². The fourth-order valence-electron chi connectivity index (χ4n) is 3.40. The second-order valence-electron chi connectivity index (χ2n) is 8.70. The highest BCUT2D eigenvalue weighted by Crippen LogP contribution is 2.38. The number of carbonyl (C=O) groups is 3. The Morgan fingerprint density at radius 3 is 2.62 bits per heavy atom. The fraction of sp³-hybridized carbons (Fsp3) is 0.571. The summed E-state index contributed by atoms with van der Waals surface area (Å²) in [4.78, 5) is 52.5. The number of thiophene rings is 1. The summed E-state index contributed by atoms with van der Waals surface area (Å²) in [6, 6.07) is 0. The summed E-state index contributed by atoms with van der Waals surface area (Å²) in [5.41, 5.74) is -0.136. The van der Waals surface area contributed by atoms with Crippen molar-refractivity contribution in [2.45, 2.75) is 63.0 Å². The van der Waals surface area contributed by atoms with Crippen molar-refractivity contribution in [3.8, 4) is 0 Å². The van der Waals surface area contributed by atoms with E-state index in [4.69, 9.17) is 14.0 Å². The van der Waals surface area contributed by atoms with Gasteiger partial charge in [0.05, 0.1) is 24.5 Å². The van der Waals surface area contributed by atoms with E-state index in [-0.39, 0.29) is 17.5 Å². The molecule has 0 fully saturated rings. The number of fused-ring (bicyclic) bond motifs is 1. The van der Waals surface area contributed by atoms with Gasteiger partial charge in [-0.3, -0.25) is 9.32 Å². The van der Waals surface area contributed by atoms with E-state index in [1.54, 1.807) is 32.7 Å². The molecule has 186 valence electrons. The number of H-pyrrole nitrogens is 1. The number of carbonyl (C=O) groups excluding carboxylic acids is 3. The molecular weight excluding hydrogens is 484 g/mol. The van der Waals surface area contributed by atoms with Crippen LogP contribution in [0.2, 0.25) is 0 Å². The van der Waals surface area contributed by atoms with Crippen LogP contribution in [0.3, 0.4) is 0 Å². The van der Waals surface area contributed by atoms with Crippen molar-refractivity contribution in [2.75, 3.05) is 19.0 Å². The van der Waals surface area contributed by atoms with Crippen LogP contribution in [-0.4, -0.2) is 52.6 Å². The Morgan fingerprint density at radius 2 is 2.06 bits per heavy atom. The number of anilines is 1. The van der Waals surface area contributed by atoms with Crippen LogP contribution in [0.25, 0.3) is 0 Å². The number of hydrogen-bond donors (Lipinski definition) is 2. The van der Waals surface area contributed by atoms with E-state index in [9.17, 15) is 19.2 Å². The van der Waals surface area contributed by atoms with Gasteiger partial charge in [0.2, 0.25) is 5.91 Å². The number of aryl methyl sites for hydroxylation is 1. The van der Waals surface area contributed by atoms with E-state index in [0.29, 0.717) is 30.0 Å². The summed E-state index contributed by atoms with van der Waals surface area (Å²) >= 11 is 2.30. The van der Waals surface area contributed by atoms with Crippen molar-refractivity contribution in [1.29, 1.82) is 0 Å². The highest BCUT2D eigenvalue weighted by Gasteiger charge is 2.34. The number of aromatic amines is 1. The first kappa shape index (κ1) is 25.8. The zero-order valence-corrected chi connectivity index (χ0v) is 21.6.